The Balaban J connectivity index is 1.68. The third-order valence-corrected chi connectivity index (χ3v) is 6.86. The number of aliphatic hydroxyl groups is 2. The number of fused-ring (bicyclic) bond motifs is 3. The molecule has 1 saturated carbocycles. The highest BCUT2D eigenvalue weighted by molar-refractivity contribution is 7.19. The lowest BCUT2D eigenvalue weighted by molar-refractivity contribution is -0.172. The highest BCUT2D eigenvalue weighted by Gasteiger charge is 2.50. The summed E-state index contributed by atoms with van der Waals surface area (Å²) in [6.07, 6.45) is 5.73. The second-order valence-corrected chi connectivity index (χ2v) is 8.85. The molecule has 2 aliphatic rings. The van der Waals surface area contributed by atoms with Crippen LogP contribution < -0.4 is 16.8 Å². The molecular weight excluding hydrogens is 352 g/mol. The molecule has 1 fully saturated rings. The summed E-state index contributed by atoms with van der Waals surface area (Å²) in [4.78, 5) is 12.0. The fourth-order valence-corrected chi connectivity index (χ4v) is 5.50. The molecule has 26 heavy (non-hydrogen) atoms. The van der Waals surface area contributed by atoms with Gasteiger partial charge in [0.1, 0.15) is 17.0 Å². The van der Waals surface area contributed by atoms with Gasteiger partial charge in [-0.1, -0.05) is 0 Å². The first-order valence-corrected chi connectivity index (χ1v) is 9.74. The molecule has 4 rings (SSSR count). The van der Waals surface area contributed by atoms with E-state index >= 15 is 0 Å². The van der Waals surface area contributed by atoms with Crippen LogP contribution in [0.2, 0.25) is 0 Å². The summed E-state index contributed by atoms with van der Waals surface area (Å²) in [6.45, 7) is 0. The summed E-state index contributed by atoms with van der Waals surface area (Å²) in [6, 6.07) is 0.938. The largest absolute Gasteiger partial charge is 0.367 e. The average molecular weight is 379 g/mol. The van der Waals surface area contributed by atoms with Crippen LogP contribution >= 0.6 is 11.3 Å². The summed E-state index contributed by atoms with van der Waals surface area (Å²) in [5.41, 5.74) is 11.6. The lowest BCUT2D eigenvalue weighted by atomic mass is 9.90. The zero-order valence-corrected chi connectivity index (χ0v) is 15.9. The van der Waals surface area contributed by atoms with E-state index in [0.29, 0.717) is 33.2 Å². The predicted molar refractivity (Wildman–Crippen MR) is 102 cm³/mol. The molecule has 2 heterocycles. The van der Waals surface area contributed by atoms with Crippen molar-refractivity contribution in [3.63, 3.8) is 0 Å². The Morgan fingerprint density at radius 1 is 1.19 bits per heavy atom. The number of anilines is 1. The third kappa shape index (κ3) is 2.88. The number of hydrogen-bond acceptors (Lipinski definition) is 9. The molecule has 7 N–H and O–H groups in total. The molecule has 0 spiro atoms. The van der Waals surface area contributed by atoms with E-state index in [-0.39, 0.29) is 6.42 Å². The molecule has 0 unspecified atom stereocenters. The zero-order chi connectivity index (χ0) is 18.7. The highest BCUT2D eigenvalue weighted by atomic mass is 32.1. The van der Waals surface area contributed by atoms with Gasteiger partial charge in [0.05, 0.1) is 15.9 Å². The lowest BCUT2D eigenvalue weighted by Crippen LogP contribution is -2.45. The monoisotopic (exact) mass is 378 g/mol. The SMILES string of the molecule is CN(C)C1CCC(Nc2ncnc3sc4c(c23)C(N)(N)CC4(O)O)CC1. The van der Waals surface area contributed by atoms with Gasteiger partial charge in [0.2, 0.25) is 5.79 Å². The van der Waals surface area contributed by atoms with Crippen LogP contribution in [-0.2, 0) is 11.4 Å². The van der Waals surface area contributed by atoms with Crippen molar-refractivity contribution in [3.05, 3.63) is 16.8 Å². The van der Waals surface area contributed by atoms with Crippen LogP contribution in [-0.4, -0.2) is 51.3 Å². The highest BCUT2D eigenvalue weighted by Crippen LogP contribution is 2.50. The van der Waals surface area contributed by atoms with Gasteiger partial charge in [-0.25, -0.2) is 9.97 Å². The van der Waals surface area contributed by atoms with E-state index in [9.17, 15) is 10.2 Å². The van der Waals surface area contributed by atoms with E-state index in [4.69, 9.17) is 11.5 Å². The van der Waals surface area contributed by atoms with E-state index < -0.39 is 11.4 Å². The lowest BCUT2D eigenvalue weighted by Gasteiger charge is -2.33. The molecule has 0 aromatic carbocycles. The maximum atomic E-state index is 10.3. The molecule has 142 valence electrons. The fourth-order valence-electron chi connectivity index (χ4n) is 4.28. The average Bonchev–Trinajstić information content (AvgIpc) is 3.04. The van der Waals surface area contributed by atoms with Crippen LogP contribution in [0.5, 0.6) is 0 Å². The Kier molecular flexibility index (Phi) is 4.22. The third-order valence-electron chi connectivity index (χ3n) is 5.62. The van der Waals surface area contributed by atoms with Gasteiger partial charge < -0.3 is 31.9 Å². The molecule has 0 aliphatic heterocycles. The van der Waals surface area contributed by atoms with E-state index in [0.717, 1.165) is 31.1 Å². The zero-order valence-electron chi connectivity index (χ0n) is 15.1. The van der Waals surface area contributed by atoms with Crippen molar-refractivity contribution >= 4 is 27.4 Å². The first-order valence-electron chi connectivity index (χ1n) is 8.93. The van der Waals surface area contributed by atoms with Crippen LogP contribution in [0.25, 0.3) is 10.2 Å². The van der Waals surface area contributed by atoms with Gasteiger partial charge >= 0.3 is 0 Å². The number of nitrogens with two attached hydrogens (primary N) is 2. The number of thiophene rings is 1. The molecule has 0 radical (unpaired) electrons. The Morgan fingerprint density at radius 2 is 1.88 bits per heavy atom. The van der Waals surface area contributed by atoms with E-state index in [1.807, 2.05) is 0 Å². The molecule has 0 bridgehead atoms. The van der Waals surface area contributed by atoms with Crippen LogP contribution in [0.15, 0.2) is 6.33 Å². The molecule has 0 amide bonds. The summed E-state index contributed by atoms with van der Waals surface area (Å²) >= 11 is 1.22. The minimum Gasteiger partial charge on any atom is -0.367 e. The number of nitrogens with zero attached hydrogens (tertiary/aromatic N) is 3. The first kappa shape index (κ1) is 18.0. The Bertz CT molecular complexity index is 826. The first-order chi connectivity index (χ1) is 12.2. The van der Waals surface area contributed by atoms with Crippen molar-refractivity contribution in [2.24, 2.45) is 11.5 Å². The molecule has 0 saturated heterocycles. The van der Waals surface area contributed by atoms with Crippen molar-refractivity contribution in [3.8, 4) is 0 Å². The Hall–Kier alpha value is -1.36. The number of aromatic nitrogens is 2. The summed E-state index contributed by atoms with van der Waals surface area (Å²) in [5.74, 6) is -1.34. The molecule has 2 aromatic heterocycles. The predicted octanol–water partition coefficient (Wildman–Crippen LogP) is 0.587. The van der Waals surface area contributed by atoms with Crippen LogP contribution in [0, 0.1) is 0 Å². The number of hydrogen-bond donors (Lipinski definition) is 5. The number of nitrogens with one attached hydrogen (secondary N) is 1. The van der Waals surface area contributed by atoms with Crippen molar-refractivity contribution in [1.82, 2.24) is 14.9 Å². The van der Waals surface area contributed by atoms with Crippen molar-refractivity contribution in [2.75, 3.05) is 19.4 Å². The van der Waals surface area contributed by atoms with Gasteiger partial charge in [0.15, 0.2) is 0 Å². The second-order valence-electron chi connectivity index (χ2n) is 7.86. The topological polar surface area (TPSA) is 134 Å². The van der Waals surface area contributed by atoms with Crippen LogP contribution in [0.3, 0.4) is 0 Å². The van der Waals surface area contributed by atoms with Crippen LogP contribution in [0.1, 0.15) is 42.5 Å². The van der Waals surface area contributed by atoms with E-state index in [1.165, 1.54) is 17.7 Å². The Morgan fingerprint density at radius 3 is 2.54 bits per heavy atom. The quantitative estimate of drug-likeness (QED) is 0.490. The molecule has 8 nitrogen and oxygen atoms in total. The minimum atomic E-state index is -2.02. The summed E-state index contributed by atoms with van der Waals surface area (Å²) in [5, 5.41) is 24.9. The molecule has 9 heteroatoms. The van der Waals surface area contributed by atoms with Crippen LogP contribution in [0.4, 0.5) is 5.82 Å². The van der Waals surface area contributed by atoms with Gasteiger partial charge in [-0.2, -0.15) is 0 Å². The molecule has 0 atom stereocenters. The van der Waals surface area contributed by atoms with Crippen molar-refractivity contribution in [1.29, 1.82) is 0 Å². The molecular formula is C17H26N6O2S. The Labute approximate surface area is 156 Å². The van der Waals surface area contributed by atoms with Crippen molar-refractivity contribution < 1.29 is 10.2 Å². The fraction of sp³-hybridized carbons (Fsp3) is 0.647. The van der Waals surface area contributed by atoms with Gasteiger partial charge in [-0.15, -0.1) is 11.3 Å². The van der Waals surface area contributed by atoms with Crippen molar-refractivity contribution in [2.45, 2.75) is 55.6 Å². The van der Waals surface area contributed by atoms with Gasteiger partial charge in [0.25, 0.3) is 0 Å². The maximum absolute atomic E-state index is 10.3. The van der Waals surface area contributed by atoms with Gasteiger partial charge in [0, 0.05) is 24.1 Å². The van der Waals surface area contributed by atoms with Gasteiger partial charge in [-0.3, -0.25) is 0 Å². The summed E-state index contributed by atoms with van der Waals surface area (Å²) < 4.78 is 0. The molecule has 2 aliphatic carbocycles. The maximum Gasteiger partial charge on any atom is 0.203 e. The number of rotatable bonds is 3. The normalized spacial score (nSPS) is 27.0. The minimum absolute atomic E-state index is 0.139. The van der Waals surface area contributed by atoms with E-state index in [1.54, 1.807) is 0 Å². The smallest absolute Gasteiger partial charge is 0.203 e. The van der Waals surface area contributed by atoms with E-state index in [2.05, 4.69) is 34.3 Å². The second kappa shape index (κ2) is 6.08. The molecule has 2 aromatic rings. The standard InChI is InChI=1S/C17H26N6O2S/c1-23(2)10-5-3-9(4-6-10)22-14-11-12-13(26-15(11)21-8-20-14)17(24,25)7-16(12,18)19/h8-10,24-25H,3-7,18-19H2,1-2H3,(H,20,21,22). The summed E-state index contributed by atoms with van der Waals surface area (Å²) in [7, 11) is 4.25. The van der Waals surface area contributed by atoms with Gasteiger partial charge in [-0.05, 0) is 39.8 Å².